The lowest BCUT2D eigenvalue weighted by atomic mass is 10.3. The van der Waals surface area contributed by atoms with E-state index in [2.05, 4.69) is 10.3 Å². The summed E-state index contributed by atoms with van der Waals surface area (Å²) in [5.41, 5.74) is 1.83. The monoisotopic (exact) mass is 291 g/mol. The van der Waals surface area contributed by atoms with Gasteiger partial charge in [0.1, 0.15) is 10.3 Å². The van der Waals surface area contributed by atoms with E-state index >= 15 is 0 Å². The molecule has 6 heteroatoms. The van der Waals surface area contributed by atoms with Gasteiger partial charge in [0.05, 0.1) is 0 Å². The van der Waals surface area contributed by atoms with Gasteiger partial charge in [-0.3, -0.25) is 4.79 Å². The molecule has 3 aromatic rings. The van der Waals surface area contributed by atoms with E-state index < -0.39 is 0 Å². The van der Waals surface area contributed by atoms with Gasteiger partial charge in [-0.15, -0.1) is 0 Å². The highest BCUT2D eigenvalue weighted by Gasteiger charge is 2.10. The fourth-order valence-electron chi connectivity index (χ4n) is 1.85. The van der Waals surface area contributed by atoms with Crippen LogP contribution in [0.5, 0.6) is 0 Å². The van der Waals surface area contributed by atoms with E-state index in [1.165, 1.54) is 18.3 Å². The largest absolute Gasteiger partial charge is 0.307 e. The van der Waals surface area contributed by atoms with Crippen molar-refractivity contribution in [1.29, 1.82) is 0 Å². The highest BCUT2D eigenvalue weighted by Crippen LogP contribution is 2.29. The number of thiazole rings is 1. The van der Waals surface area contributed by atoms with Crippen molar-refractivity contribution in [1.82, 2.24) is 9.55 Å². The molecule has 1 amide bonds. The summed E-state index contributed by atoms with van der Waals surface area (Å²) in [5.74, 6) is -0.120. The molecular formula is C13H10ClN3OS. The number of anilines is 1. The molecule has 0 aliphatic rings. The first-order chi connectivity index (χ1) is 9.13. The van der Waals surface area contributed by atoms with Crippen LogP contribution in [-0.2, 0) is 4.79 Å². The minimum atomic E-state index is -0.120. The first kappa shape index (κ1) is 12.2. The lowest BCUT2D eigenvalue weighted by Gasteiger charge is -2.03. The Hall–Kier alpha value is -1.85. The summed E-state index contributed by atoms with van der Waals surface area (Å²) in [4.78, 5) is 16.4. The summed E-state index contributed by atoms with van der Waals surface area (Å²) in [5, 5.41) is 3.99. The van der Waals surface area contributed by atoms with Crippen molar-refractivity contribution in [2.45, 2.75) is 6.92 Å². The zero-order valence-electron chi connectivity index (χ0n) is 10.1. The predicted octanol–water partition coefficient (Wildman–Crippen LogP) is 3.70. The first-order valence-electron chi connectivity index (χ1n) is 5.65. The van der Waals surface area contributed by atoms with Gasteiger partial charge in [0.25, 0.3) is 0 Å². The zero-order valence-corrected chi connectivity index (χ0v) is 11.6. The Bertz CT molecular complexity index is 762. The molecule has 0 atom stereocenters. The molecule has 0 unspecified atom stereocenters. The van der Waals surface area contributed by atoms with Crippen molar-refractivity contribution in [3.05, 3.63) is 41.6 Å². The number of hydrogen-bond donors (Lipinski definition) is 1. The molecule has 96 valence electrons. The van der Waals surface area contributed by atoms with Gasteiger partial charge in [-0.2, -0.15) is 0 Å². The number of benzene rings is 1. The van der Waals surface area contributed by atoms with E-state index in [1.807, 2.05) is 41.1 Å². The zero-order chi connectivity index (χ0) is 13.4. The highest BCUT2D eigenvalue weighted by atomic mass is 35.5. The molecule has 3 rings (SSSR count). The van der Waals surface area contributed by atoms with Crippen LogP contribution in [0.15, 0.2) is 36.5 Å². The van der Waals surface area contributed by atoms with Crippen molar-refractivity contribution in [3.8, 4) is 5.69 Å². The van der Waals surface area contributed by atoms with E-state index in [9.17, 15) is 4.79 Å². The molecule has 2 heterocycles. The normalized spacial score (nSPS) is 10.8. The third kappa shape index (κ3) is 2.34. The maximum Gasteiger partial charge on any atom is 0.223 e. The molecule has 0 saturated carbocycles. The van der Waals surface area contributed by atoms with Crippen LogP contribution >= 0.6 is 22.9 Å². The summed E-state index contributed by atoms with van der Waals surface area (Å²) in [6.07, 6.45) is 1.94. The molecule has 2 aromatic heterocycles. The third-order valence-electron chi connectivity index (χ3n) is 2.60. The van der Waals surface area contributed by atoms with Gasteiger partial charge < -0.3 is 9.88 Å². The summed E-state index contributed by atoms with van der Waals surface area (Å²) < 4.78 is 2.00. The van der Waals surface area contributed by atoms with Crippen molar-refractivity contribution in [2.75, 3.05) is 5.32 Å². The lowest BCUT2D eigenvalue weighted by Crippen LogP contribution is -2.04. The van der Waals surface area contributed by atoms with Crippen molar-refractivity contribution in [3.63, 3.8) is 0 Å². The van der Waals surface area contributed by atoms with Crippen molar-refractivity contribution >= 4 is 44.3 Å². The van der Waals surface area contributed by atoms with Crippen LogP contribution in [0.2, 0.25) is 5.02 Å². The van der Waals surface area contributed by atoms with Crippen LogP contribution in [0.1, 0.15) is 6.92 Å². The number of aromatic nitrogens is 2. The van der Waals surface area contributed by atoms with Gasteiger partial charge in [0, 0.05) is 23.8 Å². The molecule has 1 aromatic carbocycles. The van der Waals surface area contributed by atoms with Gasteiger partial charge in [0.2, 0.25) is 5.91 Å². The summed E-state index contributed by atoms with van der Waals surface area (Å²) in [6.45, 7) is 1.47. The van der Waals surface area contributed by atoms with E-state index in [0.717, 1.165) is 16.0 Å². The smallest absolute Gasteiger partial charge is 0.223 e. The molecule has 0 aliphatic heterocycles. The molecule has 1 N–H and O–H groups in total. The Labute approximate surface area is 118 Å². The van der Waals surface area contributed by atoms with E-state index in [0.29, 0.717) is 10.2 Å². The topological polar surface area (TPSA) is 46.9 Å². The molecule has 0 radical (unpaired) electrons. The van der Waals surface area contributed by atoms with Crippen molar-refractivity contribution < 1.29 is 4.79 Å². The second-order valence-corrected chi connectivity index (χ2v) is 5.47. The lowest BCUT2D eigenvalue weighted by molar-refractivity contribution is -0.114. The molecule has 0 saturated heterocycles. The second-order valence-electron chi connectivity index (χ2n) is 4.06. The van der Waals surface area contributed by atoms with Gasteiger partial charge >= 0.3 is 0 Å². The summed E-state index contributed by atoms with van der Waals surface area (Å²) in [7, 11) is 0. The maximum absolute atomic E-state index is 11.0. The number of hydrogen-bond acceptors (Lipinski definition) is 3. The molecule has 4 nitrogen and oxygen atoms in total. The van der Waals surface area contributed by atoms with Crippen LogP contribution in [0.25, 0.3) is 16.0 Å². The average Bonchev–Trinajstić information content (AvgIpc) is 2.87. The van der Waals surface area contributed by atoms with Crippen LogP contribution in [-0.4, -0.2) is 15.5 Å². The second kappa shape index (κ2) is 4.68. The Morgan fingerprint density at radius 2 is 2.26 bits per heavy atom. The van der Waals surface area contributed by atoms with E-state index in [-0.39, 0.29) is 5.91 Å². The number of nitrogens with one attached hydrogen (secondary N) is 1. The number of fused-ring (bicyclic) bond motifs is 1. The minimum absolute atomic E-state index is 0.120. The van der Waals surface area contributed by atoms with Gasteiger partial charge in [0.15, 0.2) is 5.13 Å². The van der Waals surface area contributed by atoms with Gasteiger partial charge in [-0.1, -0.05) is 29.0 Å². The van der Waals surface area contributed by atoms with Gasteiger partial charge in [-0.05, 0) is 24.3 Å². The molecular weight excluding hydrogens is 282 g/mol. The van der Waals surface area contributed by atoms with E-state index in [4.69, 9.17) is 11.6 Å². The fourth-order valence-corrected chi connectivity index (χ4v) is 3.04. The van der Waals surface area contributed by atoms with Crippen molar-refractivity contribution in [2.24, 2.45) is 0 Å². The molecule has 0 aliphatic carbocycles. The SMILES string of the molecule is CC(=O)Nc1nc2ccn(-c3cccc(Cl)c3)c2s1. The highest BCUT2D eigenvalue weighted by molar-refractivity contribution is 7.22. The Kier molecular flexibility index (Phi) is 3.00. The minimum Gasteiger partial charge on any atom is -0.307 e. The fraction of sp³-hybridized carbons (Fsp3) is 0.0769. The molecule has 19 heavy (non-hydrogen) atoms. The number of carbonyl (C=O) groups is 1. The Morgan fingerprint density at radius 1 is 1.42 bits per heavy atom. The van der Waals surface area contributed by atoms with Gasteiger partial charge in [-0.25, -0.2) is 4.98 Å². The van der Waals surface area contributed by atoms with Crippen LogP contribution in [0, 0.1) is 0 Å². The summed E-state index contributed by atoms with van der Waals surface area (Å²) >= 11 is 7.44. The standard InChI is InChI=1S/C13H10ClN3OS/c1-8(18)15-13-16-11-5-6-17(12(11)19-13)10-4-2-3-9(14)7-10/h2-7H,1H3,(H,15,16,18). The number of halogens is 1. The number of carbonyl (C=O) groups excluding carboxylic acids is 1. The van der Waals surface area contributed by atoms with Crippen LogP contribution in [0.3, 0.4) is 0 Å². The maximum atomic E-state index is 11.0. The quantitative estimate of drug-likeness (QED) is 0.782. The average molecular weight is 292 g/mol. The van der Waals surface area contributed by atoms with E-state index in [1.54, 1.807) is 0 Å². The summed E-state index contributed by atoms with van der Waals surface area (Å²) in [6, 6.07) is 9.51. The first-order valence-corrected chi connectivity index (χ1v) is 6.84. The predicted molar refractivity (Wildman–Crippen MR) is 78.3 cm³/mol. The number of rotatable bonds is 2. The Balaban J connectivity index is 2.09. The number of nitrogens with zero attached hydrogens (tertiary/aromatic N) is 2. The molecule has 0 fully saturated rings. The molecule has 0 spiro atoms. The molecule has 0 bridgehead atoms. The third-order valence-corrected chi connectivity index (χ3v) is 3.83. The number of amides is 1. The Morgan fingerprint density at radius 3 is 3.00 bits per heavy atom. The van der Waals surface area contributed by atoms with Crippen LogP contribution in [0.4, 0.5) is 5.13 Å². The van der Waals surface area contributed by atoms with Crippen LogP contribution < -0.4 is 5.32 Å².